The van der Waals surface area contributed by atoms with Crippen LogP contribution in [-0.2, 0) is 0 Å². The Labute approximate surface area is 198 Å². The fourth-order valence-corrected chi connectivity index (χ4v) is 3.84. The highest BCUT2D eigenvalue weighted by atomic mass is 19.4. The van der Waals surface area contributed by atoms with Crippen molar-refractivity contribution in [2.24, 2.45) is 10.9 Å². The van der Waals surface area contributed by atoms with Crippen molar-refractivity contribution in [1.82, 2.24) is 19.6 Å². The Morgan fingerprint density at radius 3 is 2.41 bits per heavy atom. The summed E-state index contributed by atoms with van der Waals surface area (Å²) in [5.41, 5.74) is 4.20. The molecular formula is C25H33F3N6. The van der Waals surface area contributed by atoms with Gasteiger partial charge in [0.1, 0.15) is 6.04 Å². The van der Waals surface area contributed by atoms with Gasteiger partial charge >= 0.3 is 6.18 Å². The molecule has 4 rings (SSSR count). The summed E-state index contributed by atoms with van der Waals surface area (Å²) in [7, 11) is 0. The Hall–Kier alpha value is -2.97. The predicted octanol–water partition coefficient (Wildman–Crippen LogP) is 7.16. The van der Waals surface area contributed by atoms with E-state index in [2.05, 4.69) is 32.3 Å². The number of anilines is 1. The van der Waals surface area contributed by atoms with E-state index in [9.17, 15) is 13.2 Å². The van der Waals surface area contributed by atoms with Gasteiger partial charge in [0.2, 0.25) is 5.95 Å². The zero-order valence-corrected chi connectivity index (χ0v) is 20.4. The van der Waals surface area contributed by atoms with Gasteiger partial charge in [-0.25, -0.2) is 19.5 Å². The number of aromatic nitrogens is 4. The van der Waals surface area contributed by atoms with Crippen molar-refractivity contribution in [2.75, 3.05) is 5.32 Å². The molecule has 0 aliphatic heterocycles. The largest absolute Gasteiger partial charge is 0.408 e. The average Bonchev–Trinajstić information content (AvgIpc) is 3.18. The highest BCUT2D eigenvalue weighted by Crippen LogP contribution is 2.29. The van der Waals surface area contributed by atoms with Gasteiger partial charge in [0.15, 0.2) is 5.82 Å². The van der Waals surface area contributed by atoms with E-state index >= 15 is 0 Å². The SMILES string of the molecule is CC(C)=Nc1ncc(-c2ccn3nc(N[C@H](C)C(F)(F)F)ncc23)cc1C.CC1CCCCC1. The topological polar surface area (TPSA) is 67.5 Å². The molecule has 0 saturated heterocycles. The molecule has 0 amide bonds. The van der Waals surface area contributed by atoms with Crippen molar-refractivity contribution >= 4 is 23.0 Å². The number of nitrogens with zero attached hydrogens (tertiary/aromatic N) is 5. The fraction of sp³-hybridized carbons (Fsp3) is 0.520. The van der Waals surface area contributed by atoms with E-state index in [4.69, 9.17) is 0 Å². The standard InChI is InChI=1S/C18H19F3N6.C7H14/c1-10(2)24-16-11(3)7-13(8-22-16)14-5-6-27-15(14)9-23-17(26-27)25-12(4)18(19,20)21;1-7-5-3-2-4-6-7/h5-9,12H,1-4H3,(H,25,26);7H,2-6H2,1H3/t12-;/m1./s1. The van der Waals surface area contributed by atoms with Crippen LogP contribution < -0.4 is 5.32 Å². The lowest BCUT2D eigenvalue weighted by atomic mass is 9.91. The zero-order valence-electron chi connectivity index (χ0n) is 20.4. The minimum absolute atomic E-state index is 0.0908. The van der Waals surface area contributed by atoms with Crippen molar-refractivity contribution in [3.63, 3.8) is 0 Å². The third-order valence-electron chi connectivity index (χ3n) is 5.84. The summed E-state index contributed by atoms with van der Waals surface area (Å²) < 4.78 is 39.5. The van der Waals surface area contributed by atoms with E-state index in [0.717, 1.165) is 35.2 Å². The van der Waals surface area contributed by atoms with Gasteiger partial charge in [0.05, 0.1) is 11.7 Å². The first-order valence-electron chi connectivity index (χ1n) is 11.7. The Balaban J connectivity index is 0.000000396. The number of nitrogens with one attached hydrogen (secondary N) is 1. The predicted molar refractivity (Wildman–Crippen MR) is 131 cm³/mol. The van der Waals surface area contributed by atoms with E-state index in [1.165, 1.54) is 42.8 Å². The molecule has 1 aliphatic carbocycles. The van der Waals surface area contributed by atoms with Crippen LogP contribution in [0, 0.1) is 12.8 Å². The highest BCUT2D eigenvalue weighted by Gasteiger charge is 2.36. The van der Waals surface area contributed by atoms with Crippen LogP contribution in [-0.4, -0.2) is 37.5 Å². The molecule has 0 spiro atoms. The molecule has 0 bridgehead atoms. The van der Waals surface area contributed by atoms with Gasteiger partial charge in [0.25, 0.3) is 0 Å². The van der Waals surface area contributed by atoms with E-state index in [1.54, 1.807) is 12.4 Å². The number of alkyl halides is 3. The fourth-order valence-electron chi connectivity index (χ4n) is 3.84. The van der Waals surface area contributed by atoms with Crippen LogP contribution in [0.1, 0.15) is 65.4 Å². The van der Waals surface area contributed by atoms with Crippen molar-refractivity contribution in [1.29, 1.82) is 0 Å². The number of hydrogen-bond donors (Lipinski definition) is 1. The monoisotopic (exact) mass is 474 g/mol. The third kappa shape index (κ3) is 6.77. The lowest BCUT2D eigenvalue weighted by Gasteiger charge is -2.16. The van der Waals surface area contributed by atoms with Crippen molar-refractivity contribution in [3.05, 3.63) is 36.3 Å². The molecule has 3 aromatic heterocycles. The van der Waals surface area contributed by atoms with Crippen molar-refractivity contribution in [2.45, 2.75) is 78.9 Å². The summed E-state index contributed by atoms with van der Waals surface area (Å²) in [5, 5.41) is 6.37. The molecule has 1 saturated carbocycles. The Morgan fingerprint density at radius 2 is 1.85 bits per heavy atom. The highest BCUT2D eigenvalue weighted by molar-refractivity contribution is 5.83. The van der Waals surface area contributed by atoms with Gasteiger partial charge < -0.3 is 5.32 Å². The van der Waals surface area contributed by atoms with Gasteiger partial charge in [-0.05, 0) is 51.3 Å². The second kappa shape index (κ2) is 11.0. The molecule has 3 aromatic rings. The second-order valence-corrected chi connectivity index (χ2v) is 9.22. The molecule has 1 fully saturated rings. The molecule has 34 heavy (non-hydrogen) atoms. The van der Waals surface area contributed by atoms with Crippen LogP contribution in [0.25, 0.3) is 16.6 Å². The Bertz CT molecular complexity index is 1130. The molecule has 0 radical (unpaired) electrons. The van der Waals surface area contributed by atoms with Crippen LogP contribution in [0.15, 0.2) is 35.7 Å². The molecular weight excluding hydrogens is 441 g/mol. The second-order valence-electron chi connectivity index (χ2n) is 9.22. The van der Waals surface area contributed by atoms with Crippen LogP contribution >= 0.6 is 0 Å². The van der Waals surface area contributed by atoms with Crippen LogP contribution in [0.2, 0.25) is 0 Å². The molecule has 1 aliphatic rings. The summed E-state index contributed by atoms with van der Waals surface area (Å²) >= 11 is 0. The van der Waals surface area contributed by atoms with Gasteiger partial charge in [-0.3, -0.25) is 0 Å². The summed E-state index contributed by atoms with van der Waals surface area (Å²) in [6.45, 7) is 9.11. The zero-order chi connectivity index (χ0) is 24.9. The lowest BCUT2D eigenvalue weighted by molar-refractivity contribution is -0.138. The smallest absolute Gasteiger partial charge is 0.341 e. The molecule has 6 nitrogen and oxygen atoms in total. The number of fused-ring (bicyclic) bond motifs is 1. The Kier molecular flexibility index (Phi) is 8.28. The first-order chi connectivity index (χ1) is 16.0. The average molecular weight is 475 g/mol. The minimum Gasteiger partial charge on any atom is -0.341 e. The molecule has 3 heterocycles. The number of rotatable bonds is 4. The summed E-state index contributed by atoms with van der Waals surface area (Å²) in [6, 6.07) is 2.04. The Morgan fingerprint density at radius 1 is 1.15 bits per heavy atom. The quantitative estimate of drug-likeness (QED) is 0.407. The first-order valence-corrected chi connectivity index (χ1v) is 11.7. The minimum atomic E-state index is -4.37. The maximum absolute atomic E-state index is 12.7. The van der Waals surface area contributed by atoms with Gasteiger partial charge in [0, 0.05) is 29.2 Å². The third-order valence-corrected chi connectivity index (χ3v) is 5.84. The molecule has 184 valence electrons. The van der Waals surface area contributed by atoms with E-state index in [-0.39, 0.29) is 5.95 Å². The van der Waals surface area contributed by atoms with Crippen LogP contribution in [0.5, 0.6) is 0 Å². The normalized spacial score (nSPS) is 15.4. The van der Waals surface area contributed by atoms with Gasteiger partial charge in [-0.1, -0.05) is 39.0 Å². The maximum Gasteiger partial charge on any atom is 0.408 e. The summed E-state index contributed by atoms with van der Waals surface area (Å²) in [4.78, 5) is 12.8. The van der Waals surface area contributed by atoms with E-state index in [1.807, 2.05) is 32.9 Å². The number of pyridine rings is 1. The van der Waals surface area contributed by atoms with Crippen molar-refractivity contribution in [3.8, 4) is 11.1 Å². The van der Waals surface area contributed by atoms with Gasteiger partial charge in [-0.2, -0.15) is 13.2 Å². The van der Waals surface area contributed by atoms with E-state index in [0.29, 0.717) is 11.3 Å². The van der Waals surface area contributed by atoms with E-state index < -0.39 is 12.2 Å². The van der Waals surface area contributed by atoms with Crippen LogP contribution in [0.4, 0.5) is 24.9 Å². The number of aryl methyl sites for hydroxylation is 1. The molecule has 0 unspecified atom stereocenters. The lowest BCUT2D eigenvalue weighted by Crippen LogP contribution is -2.33. The summed E-state index contributed by atoms with van der Waals surface area (Å²) in [6.07, 6.45) is 7.94. The summed E-state index contributed by atoms with van der Waals surface area (Å²) in [5.74, 6) is 1.60. The number of halogens is 3. The first kappa shape index (κ1) is 25.6. The number of aliphatic imine (C=N–C) groups is 1. The van der Waals surface area contributed by atoms with Crippen LogP contribution in [0.3, 0.4) is 0 Å². The molecule has 1 N–H and O–H groups in total. The molecule has 9 heteroatoms. The molecule has 1 atom stereocenters. The number of hydrogen-bond acceptors (Lipinski definition) is 5. The van der Waals surface area contributed by atoms with Gasteiger partial charge in [-0.15, -0.1) is 5.10 Å². The maximum atomic E-state index is 12.7. The molecule has 0 aromatic carbocycles. The van der Waals surface area contributed by atoms with Crippen molar-refractivity contribution < 1.29 is 13.2 Å².